The Hall–Kier alpha value is -5.72. The van der Waals surface area contributed by atoms with Gasteiger partial charge in [-0.1, -0.05) is 20.8 Å². The minimum Gasteiger partial charge on any atom is -0.475 e. The summed E-state index contributed by atoms with van der Waals surface area (Å²) in [6.45, 7) is 74.0. The Balaban J connectivity index is 0.946. The second-order valence-electron chi connectivity index (χ2n) is 48.5. The number of hydrazine groups is 6. The molecule has 0 aliphatic carbocycles. The Labute approximate surface area is 733 Å². The lowest BCUT2D eigenvalue weighted by Crippen LogP contribution is -2.63. The third-order valence-corrected chi connectivity index (χ3v) is 24.7. The van der Waals surface area contributed by atoms with E-state index in [1.54, 1.807) is 21.1 Å². The van der Waals surface area contributed by atoms with Crippen molar-refractivity contribution >= 4 is 23.5 Å². The van der Waals surface area contributed by atoms with E-state index in [1.807, 2.05) is 24.3 Å². The summed E-state index contributed by atoms with van der Waals surface area (Å²) in [5, 5.41) is 47.6. The minimum atomic E-state index is -0.230. The molecule has 0 amide bonds. The first kappa shape index (κ1) is 95.4. The summed E-state index contributed by atoms with van der Waals surface area (Å²) in [5.74, 6) is 4.50. The van der Waals surface area contributed by atoms with Crippen LogP contribution in [0.2, 0.25) is 0 Å². The molecule has 122 heavy (non-hydrogen) atoms. The van der Waals surface area contributed by atoms with Crippen LogP contribution >= 0.6 is 0 Å². The summed E-state index contributed by atoms with van der Waals surface area (Å²) in [4.78, 5) is 43.9. The van der Waals surface area contributed by atoms with Crippen LogP contribution < -0.4 is 75.1 Å². The molecule has 12 aliphatic rings. The van der Waals surface area contributed by atoms with E-state index in [9.17, 15) is 0 Å². The van der Waals surface area contributed by atoms with E-state index in [-0.39, 0.29) is 137 Å². The van der Waals surface area contributed by atoms with E-state index in [2.05, 4.69) is 306 Å². The van der Waals surface area contributed by atoms with Gasteiger partial charge < -0.3 is 71.3 Å². The van der Waals surface area contributed by atoms with Gasteiger partial charge in [-0.05, 0) is 273 Å². The van der Waals surface area contributed by atoms with Crippen molar-refractivity contribution in [1.29, 1.82) is 0 Å². The third-order valence-electron chi connectivity index (χ3n) is 24.7. The van der Waals surface area contributed by atoms with Crippen LogP contribution in [-0.2, 0) is 38.3 Å². The van der Waals surface area contributed by atoms with Gasteiger partial charge in [0.1, 0.15) is 47.7 Å². The zero-order valence-corrected chi connectivity index (χ0v) is 81.2. The highest BCUT2D eigenvalue weighted by Crippen LogP contribution is 2.40. The van der Waals surface area contributed by atoms with Gasteiger partial charge >= 0.3 is 0 Å². The number of rotatable bonds is 25. The van der Waals surface area contributed by atoms with E-state index in [0.29, 0.717) is 86.1 Å². The lowest BCUT2D eigenvalue weighted by molar-refractivity contribution is -0.266. The summed E-state index contributed by atoms with van der Waals surface area (Å²) in [7, 11) is 0. The lowest BCUT2D eigenvalue weighted by Gasteiger charge is -2.48. The molecule has 0 radical (unpaired) electrons. The van der Waals surface area contributed by atoms with Crippen molar-refractivity contribution in [3.05, 3.63) is 47.7 Å². The fourth-order valence-corrected chi connectivity index (χ4v) is 23.8. The van der Waals surface area contributed by atoms with Gasteiger partial charge in [0.15, 0.2) is 0 Å². The molecule has 0 aromatic heterocycles. The maximum absolute atomic E-state index is 7.25. The zero-order valence-electron chi connectivity index (χ0n) is 81.2. The van der Waals surface area contributed by atoms with Gasteiger partial charge in [0.2, 0.25) is 23.6 Å². The van der Waals surface area contributed by atoms with Gasteiger partial charge in [-0.2, -0.15) is 0 Å². The van der Waals surface area contributed by atoms with Gasteiger partial charge in [-0.3, -0.25) is 30.5 Å². The predicted molar refractivity (Wildman–Crippen MR) is 484 cm³/mol. The Bertz CT molecular complexity index is 3550. The second-order valence-corrected chi connectivity index (χ2v) is 48.5. The summed E-state index contributed by atoms with van der Waals surface area (Å²) in [5.41, 5.74) is 18.3. The Morgan fingerprint density at radius 2 is 0.484 bits per heavy atom. The first-order valence-electron chi connectivity index (χ1n) is 45.9. The minimum absolute atomic E-state index is 0.106. The van der Waals surface area contributed by atoms with Crippen LogP contribution in [-0.4, -0.2) is 231 Å². The highest BCUT2D eigenvalue weighted by molar-refractivity contribution is 5.94. The standard InChI is InChI=1S/C90H166N24O8/c1-75(2)43-59(44-76(3,4)101-75)115-71-39-67(93-111(97-71)119-63-51-83(17,18)105-84(19,20)52-63)91-33-35-109(69-41-73(117-61-47-79(9,10)103-80(11,12)48-61)99-113(95-69)121-65-55-87(25,26)107-88(27,28)56-65)37-38-110(70-42-74(118-62-49-81(13,14)104-82(15,16)50-62)100-114(96-70)122-66-57-89(29,30)108-90(31,32)58-66)36-34-92-68-40-72(116-60-45-77(5,6)102-78(7,8)46-60)98-112(94-68)120-64-53-85(21,22)106-86(23,24)54-64/h39-42,59-66,95-98,101-108H,33-38,43-58H2,1-32H3,(H,91,93)(H,92,94). The molecule has 0 unspecified atom stereocenters. The monoisotopic (exact) mass is 1710 g/mol. The summed E-state index contributed by atoms with van der Waals surface area (Å²) >= 11 is 0. The molecule has 14 N–H and O–H groups in total. The smallest absolute Gasteiger partial charge is 0.239 e. The molecule has 8 saturated heterocycles. The molecule has 32 heteroatoms. The lowest BCUT2D eigenvalue weighted by atomic mass is 9.81. The molecular formula is C90H166N24O8. The number of nitrogens with zero attached hydrogens (tertiary/aromatic N) is 10. The zero-order chi connectivity index (χ0) is 89.5. The maximum Gasteiger partial charge on any atom is 0.239 e. The van der Waals surface area contributed by atoms with Crippen molar-refractivity contribution in [2.24, 2.45) is 20.2 Å². The average molecular weight is 1710 g/mol. The Kier molecular flexibility index (Phi) is 27.1. The molecule has 12 heterocycles. The number of hydrogen-bond donors (Lipinski definition) is 14. The first-order valence-corrected chi connectivity index (χ1v) is 45.9. The van der Waals surface area contributed by atoms with E-state index in [4.69, 9.17) is 58.5 Å². The van der Waals surface area contributed by atoms with Crippen LogP contribution in [0.4, 0.5) is 0 Å². The highest BCUT2D eigenvalue weighted by atomic mass is 16.8. The number of nitrogens with one attached hydrogen (secondary N) is 14. The van der Waals surface area contributed by atoms with Crippen LogP contribution in [0, 0.1) is 0 Å². The first-order chi connectivity index (χ1) is 55.8. The number of hydrogen-bond acceptors (Lipinski definition) is 30. The normalized spacial score (nSPS) is 29.4. The maximum atomic E-state index is 7.25. The molecule has 8 fully saturated rings. The quantitative estimate of drug-likeness (QED) is 0.0404. The van der Waals surface area contributed by atoms with Crippen molar-refractivity contribution in [1.82, 2.24) is 106 Å². The van der Waals surface area contributed by atoms with Crippen LogP contribution in [0.15, 0.2) is 67.9 Å². The SMILES string of the molecule is CC1(C)CC(OC2=CC(=NCCN(CCN(CCN=C3C=C(OC4CC(C)(C)NC(C)(C)C4)NN(OC4CC(C)(C)NC(C)(C)C4)N3)C3=CC(OC4CC(C)(C)NC(C)(C)C4)=NN(OC4CC(C)(C)NC(C)(C)C4)N3)C3=CC(OC4CC(C)(C)NC(C)(C)C4)=NN(OC4CC(C)(C)NC(C)(C)C4)N3)NN(OC3CC(C)(C)NC(C)(C)C3)N2)CC(C)(C)N1. The van der Waals surface area contributed by atoms with Gasteiger partial charge in [0, 0.05) is 201 Å². The van der Waals surface area contributed by atoms with Gasteiger partial charge in [-0.25, -0.2) is 31.4 Å². The number of piperidine rings is 8. The Morgan fingerprint density at radius 1 is 0.270 bits per heavy atom. The van der Waals surface area contributed by atoms with Crippen LogP contribution in [0.5, 0.6) is 0 Å². The molecule has 12 rings (SSSR count). The molecule has 32 nitrogen and oxygen atoms in total. The average Bonchev–Trinajstić information content (AvgIpc) is 0.796. The molecule has 0 bridgehead atoms. The van der Waals surface area contributed by atoms with Crippen molar-refractivity contribution in [2.45, 2.75) is 462 Å². The summed E-state index contributed by atoms with van der Waals surface area (Å²) in [6, 6.07) is 0. The molecular weight excluding hydrogens is 1550 g/mol. The number of ether oxygens (including phenoxy) is 4. The van der Waals surface area contributed by atoms with Gasteiger partial charge in [0.25, 0.3) is 0 Å². The van der Waals surface area contributed by atoms with Gasteiger partial charge in [-0.15, -0.1) is 0 Å². The van der Waals surface area contributed by atoms with Crippen LogP contribution in [0.25, 0.3) is 0 Å². The third kappa shape index (κ3) is 28.4. The fraction of sp³-hybridized carbons (Fsp3) is 0.867. The largest absolute Gasteiger partial charge is 0.475 e. The van der Waals surface area contributed by atoms with Crippen LogP contribution in [0.1, 0.15) is 324 Å². The van der Waals surface area contributed by atoms with Crippen molar-refractivity contribution in [2.75, 3.05) is 39.3 Å². The van der Waals surface area contributed by atoms with E-state index in [0.717, 1.165) is 103 Å². The van der Waals surface area contributed by atoms with Crippen molar-refractivity contribution in [3.63, 3.8) is 0 Å². The molecule has 12 aliphatic heterocycles. The van der Waals surface area contributed by atoms with Gasteiger partial charge in [0.05, 0.1) is 37.5 Å². The number of aliphatic imine (C=N–C) groups is 2. The number of amidine groups is 2. The number of hydrazone groups is 2. The molecule has 0 aromatic carbocycles. The van der Waals surface area contributed by atoms with E-state index < -0.39 is 0 Å². The van der Waals surface area contributed by atoms with E-state index >= 15 is 0 Å². The molecule has 0 saturated carbocycles. The fourth-order valence-electron chi connectivity index (χ4n) is 23.8. The predicted octanol–water partition coefficient (Wildman–Crippen LogP) is 10.9. The summed E-state index contributed by atoms with van der Waals surface area (Å²) < 4.78 is 28.6. The van der Waals surface area contributed by atoms with Crippen molar-refractivity contribution in [3.8, 4) is 0 Å². The molecule has 0 atom stereocenters. The summed E-state index contributed by atoms with van der Waals surface area (Å²) in [6.07, 6.45) is 19.0. The molecule has 694 valence electrons. The van der Waals surface area contributed by atoms with Crippen molar-refractivity contribution < 1.29 is 38.3 Å². The second kappa shape index (κ2) is 34.7. The van der Waals surface area contributed by atoms with E-state index in [1.165, 1.54) is 0 Å². The molecule has 0 spiro atoms. The topological polar surface area (TPSA) is 311 Å². The van der Waals surface area contributed by atoms with Crippen LogP contribution in [0.3, 0.4) is 0 Å². The molecule has 0 aromatic rings. The Morgan fingerprint density at radius 3 is 0.721 bits per heavy atom. The highest BCUT2D eigenvalue weighted by Gasteiger charge is 2.49.